The lowest BCUT2D eigenvalue weighted by Gasteiger charge is -2.26. The van der Waals surface area contributed by atoms with Gasteiger partial charge < -0.3 is 14.4 Å². The quantitative estimate of drug-likeness (QED) is 0.161. The zero-order chi connectivity index (χ0) is 31.3. The molecule has 0 aromatic heterocycles. The zero-order valence-corrected chi connectivity index (χ0v) is 26.3. The summed E-state index contributed by atoms with van der Waals surface area (Å²) >= 11 is 0. The van der Waals surface area contributed by atoms with E-state index in [9.17, 15) is 13.0 Å². The molecule has 44 heavy (non-hydrogen) atoms. The Morgan fingerprint density at radius 3 is 1.77 bits per heavy atom. The number of benzene rings is 4. The van der Waals surface area contributed by atoms with Crippen molar-refractivity contribution < 1.29 is 17.5 Å². The van der Waals surface area contributed by atoms with Gasteiger partial charge in [-0.05, 0) is 82.0 Å². The molecular formula is C37H37N3O3S. The van der Waals surface area contributed by atoms with E-state index in [0.29, 0.717) is 13.1 Å². The van der Waals surface area contributed by atoms with Gasteiger partial charge in [0.05, 0.1) is 4.90 Å². The summed E-state index contributed by atoms with van der Waals surface area (Å²) in [4.78, 5) is 4.06. The average molecular weight is 604 g/mol. The molecule has 1 aliphatic carbocycles. The third-order valence-electron chi connectivity index (χ3n) is 7.64. The fourth-order valence-electron chi connectivity index (χ4n) is 5.25. The average Bonchev–Trinajstić information content (AvgIpc) is 3.02. The van der Waals surface area contributed by atoms with Gasteiger partial charge in [0.1, 0.15) is 24.2 Å². The molecule has 1 aliphatic rings. The molecule has 0 spiro atoms. The van der Waals surface area contributed by atoms with E-state index >= 15 is 0 Å². The molecule has 0 saturated heterocycles. The highest BCUT2D eigenvalue weighted by Gasteiger charge is 2.16. The van der Waals surface area contributed by atoms with E-state index < -0.39 is 10.1 Å². The first-order valence-electron chi connectivity index (χ1n) is 14.4. The first kappa shape index (κ1) is 30.7. The first-order chi connectivity index (χ1) is 21.1. The van der Waals surface area contributed by atoms with Crippen LogP contribution in [-0.2, 0) is 23.2 Å². The van der Waals surface area contributed by atoms with Gasteiger partial charge in [-0.3, -0.25) is 0 Å². The highest BCUT2D eigenvalue weighted by atomic mass is 32.2. The number of hydrogen-bond acceptors (Lipinski definition) is 5. The summed E-state index contributed by atoms with van der Waals surface area (Å²) in [6.07, 6.45) is 8.60. The molecule has 0 bridgehead atoms. The first-order valence-corrected chi connectivity index (χ1v) is 15.9. The summed E-state index contributed by atoms with van der Waals surface area (Å²) in [5, 5.41) is 0. The highest BCUT2D eigenvalue weighted by molar-refractivity contribution is 7.85. The van der Waals surface area contributed by atoms with E-state index in [-0.39, 0.29) is 4.90 Å². The van der Waals surface area contributed by atoms with Crippen molar-refractivity contribution in [1.29, 1.82) is 0 Å². The largest absolute Gasteiger partial charge is 0.744 e. The Labute approximate surface area is 261 Å². The Hall–Kier alpha value is -4.72. The molecule has 0 saturated carbocycles. The minimum atomic E-state index is -4.54. The summed E-state index contributed by atoms with van der Waals surface area (Å²) in [6.45, 7) is 1.05. The maximum atomic E-state index is 11.7. The third-order valence-corrected chi connectivity index (χ3v) is 8.47. The van der Waals surface area contributed by atoms with Gasteiger partial charge in [0, 0.05) is 50.7 Å². The molecule has 0 heterocycles. The van der Waals surface area contributed by atoms with Crippen LogP contribution < -0.4 is 9.80 Å². The van der Waals surface area contributed by atoms with Crippen molar-refractivity contribution >= 4 is 32.8 Å². The van der Waals surface area contributed by atoms with Crippen LogP contribution in [0.25, 0.3) is 5.57 Å². The number of rotatable bonds is 9. The van der Waals surface area contributed by atoms with Crippen molar-refractivity contribution in [2.45, 2.75) is 18.0 Å². The van der Waals surface area contributed by atoms with Gasteiger partial charge in [-0.1, -0.05) is 66.7 Å². The van der Waals surface area contributed by atoms with Crippen molar-refractivity contribution in [3.05, 3.63) is 155 Å². The van der Waals surface area contributed by atoms with E-state index in [1.807, 2.05) is 52.5 Å². The SMILES string of the molecule is CN(C)c1ccc(C(=C2C=CC(=[N+](C)C)C=C2)c2ccc(N(Cc3ccccc3)Cc3cccc(S(=O)(=O)[O-])c3)cc2)cc1. The maximum Gasteiger partial charge on any atom is 0.199 e. The van der Waals surface area contributed by atoms with Crippen LogP contribution >= 0.6 is 0 Å². The number of hydrogen-bond donors (Lipinski definition) is 0. The Morgan fingerprint density at radius 1 is 0.682 bits per heavy atom. The molecule has 0 aliphatic heterocycles. The lowest BCUT2D eigenvalue weighted by molar-refractivity contribution is -0.462. The second-order valence-corrected chi connectivity index (χ2v) is 12.6. The predicted octanol–water partition coefficient (Wildman–Crippen LogP) is 6.50. The van der Waals surface area contributed by atoms with Crippen molar-refractivity contribution in [3.63, 3.8) is 0 Å². The topological polar surface area (TPSA) is 66.7 Å². The molecule has 5 rings (SSSR count). The number of allylic oxidation sites excluding steroid dienone is 5. The zero-order valence-electron chi connectivity index (χ0n) is 25.5. The molecule has 0 amide bonds. The van der Waals surface area contributed by atoms with Crippen molar-refractivity contribution in [3.8, 4) is 0 Å². The van der Waals surface area contributed by atoms with E-state index in [2.05, 4.69) is 99.3 Å². The van der Waals surface area contributed by atoms with Crippen molar-refractivity contribution in [2.75, 3.05) is 38.0 Å². The van der Waals surface area contributed by atoms with Gasteiger partial charge in [-0.2, -0.15) is 0 Å². The van der Waals surface area contributed by atoms with Crippen molar-refractivity contribution in [2.24, 2.45) is 0 Å². The minimum Gasteiger partial charge on any atom is -0.744 e. The fraction of sp³-hybridized carbons (Fsp3) is 0.162. The van der Waals surface area contributed by atoms with Crippen LogP contribution in [0.5, 0.6) is 0 Å². The van der Waals surface area contributed by atoms with E-state index in [1.54, 1.807) is 6.07 Å². The lowest BCUT2D eigenvalue weighted by Crippen LogP contribution is -2.22. The Balaban J connectivity index is 1.54. The van der Waals surface area contributed by atoms with Crippen LogP contribution in [0.3, 0.4) is 0 Å². The van der Waals surface area contributed by atoms with Gasteiger partial charge in [0.2, 0.25) is 0 Å². The molecule has 224 valence electrons. The van der Waals surface area contributed by atoms with Crippen LogP contribution in [0.2, 0.25) is 0 Å². The molecular weight excluding hydrogens is 566 g/mol. The standard InChI is InChI=1S/C37H37N3O3S/c1-38(2)33-19-13-30(14-20-33)37(31-15-21-34(22-16-31)39(3)4)32-17-23-35(24-18-32)40(26-28-9-6-5-7-10-28)27-29-11-8-12-36(25-29)44(41,42)43/h5-25H,26-27H2,1-4H3. The van der Waals surface area contributed by atoms with Gasteiger partial charge in [-0.25, -0.2) is 13.0 Å². The predicted molar refractivity (Wildman–Crippen MR) is 179 cm³/mol. The van der Waals surface area contributed by atoms with Crippen LogP contribution in [0.1, 0.15) is 22.3 Å². The summed E-state index contributed by atoms with van der Waals surface area (Å²) in [5.41, 5.74) is 9.59. The van der Waals surface area contributed by atoms with E-state index in [0.717, 1.165) is 50.5 Å². The summed E-state index contributed by atoms with van der Waals surface area (Å²) in [5.74, 6) is 0. The molecule has 0 unspecified atom stereocenters. The Morgan fingerprint density at radius 2 is 1.23 bits per heavy atom. The van der Waals surface area contributed by atoms with Crippen LogP contribution in [0, 0.1) is 0 Å². The second-order valence-electron chi connectivity index (χ2n) is 11.2. The minimum absolute atomic E-state index is 0.218. The van der Waals surface area contributed by atoms with Crippen LogP contribution in [-0.4, -0.2) is 51.4 Å². The molecule has 0 N–H and O–H groups in total. The fourth-order valence-corrected chi connectivity index (χ4v) is 5.79. The molecule has 0 fully saturated rings. The molecule has 6 nitrogen and oxygen atoms in total. The summed E-state index contributed by atoms with van der Waals surface area (Å²) in [6, 6.07) is 33.5. The second kappa shape index (κ2) is 13.3. The lowest BCUT2D eigenvalue weighted by atomic mass is 9.90. The Kier molecular flexibility index (Phi) is 9.28. The summed E-state index contributed by atoms with van der Waals surface area (Å²) < 4.78 is 37.2. The van der Waals surface area contributed by atoms with Gasteiger partial charge in [0.25, 0.3) is 0 Å². The Bertz CT molecular complexity index is 1830. The maximum absolute atomic E-state index is 11.7. The number of anilines is 2. The van der Waals surface area contributed by atoms with Crippen molar-refractivity contribution in [1.82, 2.24) is 0 Å². The normalized spacial score (nSPS) is 12.8. The molecule has 0 atom stereocenters. The smallest absolute Gasteiger partial charge is 0.199 e. The van der Waals surface area contributed by atoms with E-state index in [4.69, 9.17) is 0 Å². The van der Waals surface area contributed by atoms with Crippen LogP contribution in [0.4, 0.5) is 11.4 Å². The van der Waals surface area contributed by atoms with Gasteiger partial charge in [-0.15, -0.1) is 0 Å². The summed E-state index contributed by atoms with van der Waals surface area (Å²) in [7, 11) is 3.60. The third kappa shape index (κ3) is 7.43. The molecule has 4 aromatic rings. The molecule has 4 aromatic carbocycles. The molecule has 7 heteroatoms. The monoisotopic (exact) mass is 603 g/mol. The highest BCUT2D eigenvalue weighted by Crippen LogP contribution is 2.32. The molecule has 0 radical (unpaired) electrons. The number of nitrogens with zero attached hydrogens (tertiary/aromatic N) is 3. The van der Waals surface area contributed by atoms with Gasteiger partial charge >= 0.3 is 0 Å². The van der Waals surface area contributed by atoms with Crippen LogP contribution in [0.15, 0.2) is 138 Å². The van der Waals surface area contributed by atoms with Gasteiger partial charge in [0.15, 0.2) is 5.71 Å². The van der Waals surface area contributed by atoms with E-state index in [1.165, 1.54) is 12.1 Å².